The number of nitrogens with one attached hydrogen (secondary N) is 1. The molecule has 0 atom stereocenters. The van der Waals surface area contributed by atoms with Crippen molar-refractivity contribution >= 4 is 10.0 Å². The molecule has 0 saturated carbocycles. The molecule has 5 nitrogen and oxygen atoms in total. The third kappa shape index (κ3) is 3.89. The molecular weight excluding hydrogens is 341 g/mol. The molecule has 0 unspecified atom stereocenters. The summed E-state index contributed by atoms with van der Waals surface area (Å²) in [6, 6.07) is 10.9. The number of pyridine rings is 2. The minimum absolute atomic E-state index is 0.0261. The standard InChI is InChI=1S/C18H16FN3O2S/c1-13-10-16(6-7-17(13)19)25(23,24)22-12-15-5-3-9-21-18(15)14-4-2-8-20-11-14/h2-11,22H,12H2,1H3. The van der Waals surface area contributed by atoms with E-state index in [0.29, 0.717) is 5.69 Å². The predicted octanol–water partition coefficient (Wildman–Crippen LogP) is 3.07. The van der Waals surface area contributed by atoms with Gasteiger partial charge in [0, 0.05) is 30.7 Å². The van der Waals surface area contributed by atoms with E-state index in [4.69, 9.17) is 0 Å². The molecule has 3 rings (SSSR count). The second-order valence-corrected chi connectivity index (χ2v) is 7.26. The second-order valence-electron chi connectivity index (χ2n) is 5.49. The van der Waals surface area contributed by atoms with Gasteiger partial charge in [-0.2, -0.15) is 0 Å². The summed E-state index contributed by atoms with van der Waals surface area (Å²) in [5.41, 5.74) is 2.46. The smallest absolute Gasteiger partial charge is 0.240 e. The molecule has 128 valence electrons. The van der Waals surface area contributed by atoms with Crippen molar-refractivity contribution in [2.45, 2.75) is 18.4 Å². The third-order valence-corrected chi connectivity index (χ3v) is 5.12. The molecule has 0 amide bonds. The zero-order chi connectivity index (χ0) is 17.9. The Kier molecular flexibility index (Phi) is 4.87. The van der Waals surface area contributed by atoms with Crippen molar-refractivity contribution in [1.29, 1.82) is 0 Å². The molecule has 1 N–H and O–H groups in total. The Balaban J connectivity index is 1.85. The first-order valence-corrected chi connectivity index (χ1v) is 9.06. The van der Waals surface area contributed by atoms with Crippen LogP contribution in [0.2, 0.25) is 0 Å². The largest absolute Gasteiger partial charge is 0.264 e. The first-order chi connectivity index (χ1) is 12.0. The fraction of sp³-hybridized carbons (Fsp3) is 0.111. The van der Waals surface area contributed by atoms with Crippen LogP contribution in [0.1, 0.15) is 11.1 Å². The fourth-order valence-corrected chi connectivity index (χ4v) is 3.48. The summed E-state index contributed by atoms with van der Waals surface area (Å²) < 4.78 is 40.8. The minimum Gasteiger partial charge on any atom is -0.264 e. The predicted molar refractivity (Wildman–Crippen MR) is 92.6 cm³/mol. The van der Waals surface area contributed by atoms with Gasteiger partial charge in [-0.1, -0.05) is 6.07 Å². The monoisotopic (exact) mass is 357 g/mol. The lowest BCUT2D eigenvalue weighted by Crippen LogP contribution is -2.23. The molecule has 0 spiro atoms. The summed E-state index contributed by atoms with van der Waals surface area (Å²) >= 11 is 0. The van der Waals surface area contributed by atoms with Gasteiger partial charge in [0.1, 0.15) is 5.82 Å². The lowest BCUT2D eigenvalue weighted by atomic mass is 10.1. The zero-order valence-electron chi connectivity index (χ0n) is 13.5. The molecule has 2 heterocycles. The Labute approximate surface area is 145 Å². The Morgan fingerprint density at radius 3 is 2.64 bits per heavy atom. The molecule has 0 radical (unpaired) electrons. The Morgan fingerprint density at radius 1 is 1.12 bits per heavy atom. The maximum absolute atomic E-state index is 13.3. The van der Waals surface area contributed by atoms with Crippen LogP contribution in [0, 0.1) is 12.7 Å². The van der Waals surface area contributed by atoms with E-state index in [-0.39, 0.29) is 17.0 Å². The van der Waals surface area contributed by atoms with E-state index in [1.54, 1.807) is 36.8 Å². The molecule has 3 aromatic rings. The molecule has 0 aliphatic rings. The zero-order valence-corrected chi connectivity index (χ0v) is 14.3. The van der Waals surface area contributed by atoms with Crippen LogP contribution in [-0.2, 0) is 16.6 Å². The maximum Gasteiger partial charge on any atom is 0.240 e. The fourth-order valence-electron chi connectivity index (χ4n) is 2.38. The van der Waals surface area contributed by atoms with Crippen LogP contribution in [0.5, 0.6) is 0 Å². The van der Waals surface area contributed by atoms with Gasteiger partial charge in [0.25, 0.3) is 0 Å². The normalized spacial score (nSPS) is 11.4. The lowest BCUT2D eigenvalue weighted by Gasteiger charge is -2.11. The number of nitrogens with zero attached hydrogens (tertiary/aromatic N) is 2. The summed E-state index contributed by atoms with van der Waals surface area (Å²) in [5.74, 6) is -0.440. The van der Waals surface area contributed by atoms with Crippen molar-refractivity contribution in [3.8, 4) is 11.3 Å². The molecule has 0 bridgehead atoms. The Bertz CT molecular complexity index is 992. The van der Waals surface area contributed by atoms with Gasteiger partial charge in [-0.25, -0.2) is 17.5 Å². The summed E-state index contributed by atoms with van der Waals surface area (Å²) in [5, 5.41) is 0. The Morgan fingerprint density at radius 2 is 1.92 bits per heavy atom. The van der Waals surface area contributed by atoms with Crippen molar-refractivity contribution in [2.75, 3.05) is 0 Å². The van der Waals surface area contributed by atoms with Crippen LogP contribution in [-0.4, -0.2) is 18.4 Å². The molecule has 2 aromatic heterocycles. The molecule has 0 aliphatic heterocycles. The molecular formula is C18H16FN3O2S. The van der Waals surface area contributed by atoms with Crippen LogP contribution in [0.25, 0.3) is 11.3 Å². The van der Waals surface area contributed by atoms with Crippen molar-refractivity contribution < 1.29 is 12.8 Å². The SMILES string of the molecule is Cc1cc(S(=O)(=O)NCc2cccnc2-c2cccnc2)ccc1F. The summed E-state index contributed by atoms with van der Waals surface area (Å²) in [6.07, 6.45) is 4.97. The van der Waals surface area contributed by atoms with Crippen molar-refractivity contribution in [2.24, 2.45) is 0 Å². The van der Waals surface area contributed by atoms with Crippen LogP contribution in [0.3, 0.4) is 0 Å². The van der Waals surface area contributed by atoms with Crippen LogP contribution < -0.4 is 4.72 Å². The van der Waals surface area contributed by atoms with Gasteiger partial charge in [-0.15, -0.1) is 0 Å². The summed E-state index contributed by atoms with van der Waals surface area (Å²) in [4.78, 5) is 8.41. The topological polar surface area (TPSA) is 72.0 Å². The molecule has 1 aromatic carbocycles. The van der Waals surface area contributed by atoms with E-state index >= 15 is 0 Å². The average Bonchev–Trinajstić information content (AvgIpc) is 2.63. The number of hydrogen-bond acceptors (Lipinski definition) is 4. The van der Waals surface area contributed by atoms with Gasteiger partial charge in [-0.3, -0.25) is 9.97 Å². The van der Waals surface area contributed by atoms with Gasteiger partial charge in [-0.05, 0) is 54.4 Å². The maximum atomic E-state index is 13.3. The summed E-state index contributed by atoms with van der Waals surface area (Å²) in [7, 11) is -3.76. The van der Waals surface area contributed by atoms with E-state index < -0.39 is 15.8 Å². The number of aryl methyl sites for hydroxylation is 1. The molecule has 0 aliphatic carbocycles. The lowest BCUT2D eigenvalue weighted by molar-refractivity contribution is 0.579. The minimum atomic E-state index is -3.76. The van der Waals surface area contributed by atoms with Gasteiger partial charge in [0.05, 0.1) is 10.6 Å². The van der Waals surface area contributed by atoms with Gasteiger partial charge < -0.3 is 0 Å². The molecule has 25 heavy (non-hydrogen) atoms. The average molecular weight is 357 g/mol. The van der Waals surface area contributed by atoms with Gasteiger partial charge >= 0.3 is 0 Å². The number of rotatable bonds is 5. The highest BCUT2D eigenvalue weighted by Crippen LogP contribution is 2.21. The Hall–Kier alpha value is -2.64. The second kappa shape index (κ2) is 7.08. The van der Waals surface area contributed by atoms with Crippen molar-refractivity contribution in [1.82, 2.24) is 14.7 Å². The number of sulfonamides is 1. The first kappa shape index (κ1) is 17.2. The highest BCUT2D eigenvalue weighted by molar-refractivity contribution is 7.89. The van der Waals surface area contributed by atoms with Crippen LogP contribution in [0.15, 0.2) is 66.0 Å². The number of hydrogen-bond donors (Lipinski definition) is 1. The van der Waals surface area contributed by atoms with E-state index in [0.717, 1.165) is 17.2 Å². The molecule has 7 heteroatoms. The van der Waals surface area contributed by atoms with Crippen molar-refractivity contribution in [3.63, 3.8) is 0 Å². The van der Waals surface area contributed by atoms with Crippen LogP contribution in [0.4, 0.5) is 4.39 Å². The van der Waals surface area contributed by atoms with Gasteiger partial charge in [0.15, 0.2) is 0 Å². The van der Waals surface area contributed by atoms with E-state index in [1.807, 2.05) is 6.07 Å². The molecule has 0 fully saturated rings. The summed E-state index contributed by atoms with van der Waals surface area (Å²) in [6.45, 7) is 1.59. The number of benzene rings is 1. The van der Waals surface area contributed by atoms with E-state index in [9.17, 15) is 12.8 Å². The first-order valence-electron chi connectivity index (χ1n) is 7.57. The van der Waals surface area contributed by atoms with Crippen molar-refractivity contribution in [3.05, 3.63) is 78.0 Å². The third-order valence-electron chi connectivity index (χ3n) is 3.72. The quantitative estimate of drug-likeness (QED) is 0.762. The molecule has 0 saturated heterocycles. The van der Waals surface area contributed by atoms with E-state index in [2.05, 4.69) is 14.7 Å². The van der Waals surface area contributed by atoms with Crippen LogP contribution >= 0.6 is 0 Å². The number of aromatic nitrogens is 2. The van der Waals surface area contributed by atoms with E-state index in [1.165, 1.54) is 19.1 Å². The highest BCUT2D eigenvalue weighted by Gasteiger charge is 2.16. The van der Waals surface area contributed by atoms with Gasteiger partial charge in [0.2, 0.25) is 10.0 Å². The highest BCUT2D eigenvalue weighted by atomic mass is 32.2. The number of halogens is 1.